The van der Waals surface area contributed by atoms with E-state index in [0.717, 1.165) is 18.4 Å². The number of hydrogen-bond acceptors (Lipinski definition) is 4. The summed E-state index contributed by atoms with van der Waals surface area (Å²) in [5, 5.41) is 11.1. The van der Waals surface area contributed by atoms with Crippen LogP contribution in [0, 0.1) is 5.82 Å². The van der Waals surface area contributed by atoms with Crippen LogP contribution >= 0.6 is 0 Å². The number of nitrogens with one attached hydrogen (secondary N) is 1. The monoisotopic (exact) mass is 529 g/mol. The highest BCUT2D eigenvalue weighted by molar-refractivity contribution is 5.89. The van der Waals surface area contributed by atoms with Gasteiger partial charge >= 0.3 is 0 Å². The lowest BCUT2D eigenvalue weighted by Crippen LogP contribution is -2.48. The number of nitrogens with zero attached hydrogens (tertiary/aromatic N) is 4. The number of para-hydroxylation sites is 1. The van der Waals surface area contributed by atoms with Crippen molar-refractivity contribution in [2.45, 2.75) is 56.4 Å². The smallest absolute Gasteiger partial charge is 0.245 e. The minimum atomic E-state index is -1.33. The van der Waals surface area contributed by atoms with Crippen molar-refractivity contribution in [1.82, 2.24) is 25.2 Å². The van der Waals surface area contributed by atoms with Gasteiger partial charge in [0.1, 0.15) is 30.1 Å². The Morgan fingerprint density at radius 3 is 2.54 bits per heavy atom. The van der Waals surface area contributed by atoms with E-state index in [4.69, 9.17) is 0 Å². The summed E-state index contributed by atoms with van der Waals surface area (Å²) >= 11 is 0. The van der Waals surface area contributed by atoms with E-state index in [1.807, 2.05) is 55.5 Å². The number of alkyl halides is 1. The first-order valence-corrected chi connectivity index (χ1v) is 13.2. The normalized spacial score (nSPS) is 20.6. The number of likely N-dealkylation sites (tertiary alicyclic amines) is 1. The average molecular weight is 530 g/mol. The lowest BCUT2D eigenvalue weighted by atomic mass is 9.92. The van der Waals surface area contributed by atoms with Crippen molar-refractivity contribution in [3.8, 4) is 0 Å². The molecule has 3 unspecified atom stereocenters. The Morgan fingerprint density at radius 1 is 1.05 bits per heavy atom. The van der Waals surface area contributed by atoms with E-state index in [9.17, 15) is 14.0 Å². The molecule has 3 aromatic carbocycles. The Kier molecular flexibility index (Phi) is 6.37. The molecule has 39 heavy (non-hydrogen) atoms. The Hall–Kier alpha value is -4.14. The van der Waals surface area contributed by atoms with Crippen molar-refractivity contribution < 1.29 is 18.4 Å². The number of benzene rings is 3. The second-order valence-corrected chi connectivity index (χ2v) is 10.8. The van der Waals surface area contributed by atoms with Crippen molar-refractivity contribution >= 4 is 22.8 Å². The van der Waals surface area contributed by atoms with E-state index in [1.165, 1.54) is 15.6 Å². The van der Waals surface area contributed by atoms with Crippen molar-refractivity contribution in [3.63, 3.8) is 0 Å². The lowest BCUT2D eigenvalue weighted by Gasteiger charge is -2.27. The summed E-state index contributed by atoms with van der Waals surface area (Å²) < 4.78 is 31.3. The largest absolute Gasteiger partial charge is 0.343 e. The van der Waals surface area contributed by atoms with Crippen LogP contribution in [-0.2, 0) is 21.5 Å². The number of rotatable bonds is 7. The molecule has 1 aliphatic heterocycles. The first kappa shape index (κ1) is 25.2. The predicted octanol–water partition coefficient (Wildman–Crippen LogP) is 4.47. The first-order chi connectivity index (χ1) is 18.8. The van der Waals surface area contributed by atoms with Gasteiger partial charge in [0.15, 0.2) is 0 Å². The molecule has 1 saturated carbocycles. The molecule has 7 nitrogen and oxygen atoms in total. The molecule has 200 valence electrons. The van der Waals surface area contributed by atoms with Crippen LogP contribution in [0.15, 0.2) is 72.8 Å². The van der Waals surface area contributed by atoms with Gasteiger partial charge in [-0.2, -0.15) is 0 Å². The topological polar surface area (TPSA) is 80.1 Å². The molecule has 6 rings (SSSR count). The molecule has 0 spiro atoms. The van der Waals surface area contributed by atoms with E-state index < -0.39 is 30.1 Å². The molecular formula is C30H29F2N5O2. The van der Waals surface area contributed by atoms with Crippen LogP contribution in [-0.4, -0.2) is 50.5 Å². The van der Waals surface area contributed by atoms with Gasteiger partial charge in [-0.25, -0.2) is 13.5 Å². The predicted molar refractivity (Wildman–Crippen MR) is 142 cm³/mol. The zero-order chi connectivity index (χ0) is 27.1. The minimum Gasteiger partial charge on any atom is -0.343 e. The maximum absolute atomic E-state index is 15.2. The van der Waals surface area contributed by atoms with E-state index in [2.05, 4.69) is 15.6 Å². The number of halogens is 2. The molecule has 2 fully saturated rings. The Bertz CT molecular complexity index is 1530. The highest BCUT2D eigenvalue weighted by Crippen LogP contribution is 2.48. The molecule has 4 aromatic rings. The Balaban J connectivity index is 1.25. The van der Waals surface area contributed by atoms with Crippen molar-refractivity contribution in [2.75, 3.05) is 6.54 Å². The first-order valence-electron chi connectivity index (χ1n) is 13.2. The van der Waals surface area contributed by atoms with E-state index >= 15 is 4.39 Å². The molecule has 2 heterocycles. The molecule has 0 radical (unpaired) electrons. The lowest BCUT2D eigenvalue weighted by molar-refractivity contribution is -0.139. The molecule has 2 aliphatic rings. The number of amides is 2. The second kappa shape index (κ2) is 9.87. The summed E-state index contributed by atoms with van der Waals surface area (Å²) in [7, 11) is 0. The summed E-state index contributed by atoms with van der Waals surface area (Å²) in [5.41, 5.74) is 3.21. The van der Waals surface area contributed by atoms with Gasteiger partial charge in [0.05, 0.1) is 18.1 Å². The summed E-state index contributed by atoms with van der Waals surface area (Å²) in [5.74, 6) is -1.21. The van der Waals surface area contributed by atoms with E-state index in [1.54, 1.807) is 18.2 Å². The second-order valence-electron chi connectivity index (χ2n) is 10.8. The molecule has 1 saturated heterocycles. The quantitative estimate of drug-likeness (QED) is 0.383. The molecular weight excluding hydrogens is 500 g/mol. The van der Waals surface area contributed by atoms with Gasteiger partial charge in [0, 0.05) is 6.42 Å². The van der Waals surface area contributed by atoms with Gasteiger partial charge in [-0.1, -0.05) is 66.7 Å². The summed E-state index contributed by atoms with van der Waals surface area (Å²) in [4.78, 5) is 28.1. The third-order valence-corrected chi connectivity index (χ3v) is 7.97. The number of aromatic nitrogens is 3. The zero-order valence-corrected chi connectivity index (χ0v) is 21.6. The standard InChI is InChI=1S/C30H29F2N5O2/c1-30(13-14-30)22-12-11-20(15-23(22)32)28(19-7-3-2-4-8-19)33-29(39)26-16-21(31)17-36(26)27(38)18-37-25-10-6-5-9-24(25)34-35-37/h2-12,15,21,26,28H,13-14,16-18H2,1H3,(H,33,39). The van der Waals surface area contributed by atoms with Gasteiger partial charge in [-0.15, -0.1) is 5.10 Å². The van der Waals surface area contributed by atoms with Crippen molar-refractivity contribution in [3.05, 3.63) is 95.3 Å². The van der Waals surface area contributed by atoms with Gasteiger partial charge in [-0.05, 0) is 53.1 Å². The fraction of sp³-hybridized carbons (Fsp3) is 0.333. The third-order valence-electron chi connectivity index (χ3n) is 7.97. The highest BCUT2D eigenvalue weighted by Gasteiger charge is 2.42. The zero-order valence-electron chi connectivity index (χ0n) is 21.6. The van der Waals surface area contributed by atoms with Crippen LogP contribution in [0.3, 0.4) is 0 Å². The molecule has 1 aromatic heterocycles. The number of hydrogen-bond donors (Lipinski definition) is 1. The van der Waals surface area contributed by atoms with Crippen LogP contribution < -0.4 is 5.32 Å². The fourth-order valence-corrected chi connectivity index (χ4v) is 5.46. The van der Waals surface area contributed by atoms with Gasteiger partial charge < -0.3 is 10.2 Å². The Morgan fingerprint density at radius 2 is 1.79 bits per heavy atom. The van der Waals surface area contributed by atoms with Gasteiger partial charge in [0.25, 0.3) is 0 Å². The third kappa shape index (κ3) is 4.89. The van der Waals surface area contributed by atoms with E-state index in [0.29, 0.717) is 22.2 Å². The fourth-order valence-electron chi connectivity index (χ4n) is 5.46. The van der Waals surface area contributed by atoms with Crippen LogP contribution in [0.1, 0.15) is 48.9 Å². The molecule has 3 atom stereocenters. The molecule has 1 N–H and O–H groups in total. The number of fused-ring (bicyclic) bond motifs is 1. The van der Waals surface area contributed by atoms with Crippen LogP contribution in [0.4, 0.5) is 8.78 Å². The Labute approximate surface area is 224 Å². The maximum Gasteiger partial charge on any atom is 0.245 e. The summed E-state index contributed by atoms with van der Waals surface area (Å²) in [6.07, 6.45) is 0.455. The highest BCUT2D eigenvalue weighted by atomic mass is 19.1. The summed E-state index contributed by atoms with van der Waals surface area (Å²) in [6, 6.07) is 19.9. The average Bonchev–Trinajstić information content (AvgIpc) is 3.36. The SMILES string of the molecule is CC1(c2ccc(C(NC(=O)C3CC(F)CN3C(=O)Cn3nnc4ccccc43)c3ccccc3)cc2F)CC1. The molecule has 2 amide bonds. The number of carbonyl (C=O) groups is 2. The van der Waals surface area contributed by atoms with Crippen LogP contribution in [0.5, 0.6) is 0 Å². The summed E-state index contributed by atoms with van der Waals surface area (Å²) in [6.45, 7) is 1.70. The minimum absolute atomic E-state index is 0.108. The van der Waals surface area contributed by atoms with Crippen LogP contribution in [0.25, 0.3) is 11.0 Å². The van der Waals surface area contributed by atoms with Crippen molar-refractivity contribution in [1.29, 1.82) is 0 Å². The van der Waals surface area contributed by atoms with Crippen LogP contribution in [0.2, 0.25) is 0 Å². The molecule has 1 aliphatic carbocycles. The van der Waals surface area contributed by atoms with Crippen molar-refractivity contribution in [2.24, 2.45) is 0 Å². The van der Waals surface area contributed by atoms with Gasteiger partial charge in [0.2, 0.25) is 11.8 Å². The van der Waals surface area contributed by atoms with Gasteiger partial charge in [-0.3, -0.25) is 9.59 Å². The molecule has 0 bridgehead atoms. The molecule has 9 heteroatoms. The maximum atomic E-state index is 15.2. The van der Waals surface area contributed by atoms with E-state index in [-0.39, 0.29) is 30.7 Å². The number of carbonyl (C=O) groups excluding carboxylic acids is 2.